The Bertz CT molecular complexity index is 786. The van der Waals surface area contributed by atoms with Gasteiger partial charge in [0.05, 0.1) is 6.04 Å². The van der Waals surface area contributed by atoms with Crippen molar-refractivity contribution in [2.24, 2.45) is 0 Å². The Labute approximate surface area is 172 Å². The number of benzene rings is 2. The van der Waals surface area contributed by atoms with Gasteiger partial charge in [-0.1, -0.05) is 36.2 Å². The van der Waals surface area contributed by atoms with Crippen molar-refractivity contribution >= 4 is 17.5 Å². The van der Waals surface area contributed by atoms with E-state index in [1.165, 1.54) is 30.4 Å². The van der Waals surface area contributed by atoms with Crippen LogP contribution in [0.5, 0.6) is 5.75 Å². The van der Waals surface area contributed by atoms with Gasteiger partial charge in [-0.15, -0.1) is 0 Å². The summed E-state index contributed by atoms with van der Waals surface area (Å²) in [5.74, 6) is 0.623. The van der Waals surface area contributed by atoms with Gasteiger partial charge in [0.25, 0.3) is 5.91 Å². The number of ether oxygens (including phenoxy) is 1. The average molecular weight is 401 g/mol. The zero-order valence-corrected chi connectivity index (χ0v) is 17.5. The molecular formula is C23H29ClN2O2. The number of likely N-dealkylation sites (tertiary alicyclic amines) is 1. The molecule has 0 spiro atoms. The minimum Gasteiger partial charge on any atom is -0.484 e. The zero-order chi connectivity index (χ0) is 19.9. The van der Waals surface area contributed by atoms with E-state index in [9.17, 15) is 4.79 Å². The predicted molar refractivity (Wildman–Crippen MR) is 114 cm³/mol. The smallest absolute Gasteiger partial charge is 0.258 e. The number of halogens is 1. The van der Waals surface area contributed by atoms with Gasteiger partial charge in [0.15, 0.2) is 6.61 Å². The number of nitrogens with zero attached hydrogens (tertiary/aromatic N) is 1. The Kier molecular flexibility index (Phi) is 7.35. The van der Waals surface area contributed by atoms with Crippen LogP contribution >= 0.6 is 11.6 Å². The molecule has 1 heterocycles. The van der Waals surface area contributed by atoms with Gasteiger partial charge >= 0.3 is 0 Å². The van der Waals surface area contributed by atoms with Gasteiger partial charge in [-0.05, 0) is 80.7 Å². The second kappa shape index (κ2) is 9.94. The third kappa shape index (κ3) is 5.73. The van der Waals surface area contributed by atoms with Crippen LogP contribution < -0.4 is 10.1 Å². The summed E-state index contributed by atoms with van der Waals surface area (Å²) >= 11 is 6.05. The maximum atomic E-state index is 12.4. The fraction of sp³-hybridized carbons (Fsp3) is 0.435. The summed E-state index contributed by atoms with van der Waals surface area (Å²) in [5, 5.41) is 3.78. The van der Waals surface area contributed by atoms with Gasteiger partial charge in [-0.3, -0.25) is 9.69 Å². The summed E-state index contributed by atoms with van der Waals surface area (Å²) in [6.45, 7) is 6.80. The number of amides is 1. The van der Waals surface area contributed by atoms with Gasteiger partial charge in [-0.25, -0.2) is 0 Å². The third-order valence-corrected chi connectivity index (χ3v) is 5.68. The molecule has 4 nitrogen and oxygen atoms in total. The number of rotatable bonds is 7. The monoisotopic (exact) mass is 400 g/mol. The van der Waals surface area contributed by atoms with Crippen LogP contribution in [0.1, 0.15) is 42.0 Å². The van der Waals surface area contributed by atoms with Crippen molar-refractivity contribution in [2.75, 3.05) is 26.2 Å². The molecule has 1 fully saturated rings. The van der Waals surface area contributed by atoms with Crippen molar-refractivity contribution in [2.45, 2.75) is 39.2 Å². The minimum absolute atomic E-state index is 0.0236. The molecule has 2 aromatic carbocycles. The lowest BCUT2D eigenvalue weighted by Crippen LogP contribution is -2.41. The Hall–Kier alpha value is -2.04. The summed E-state index contributed by atoms with van der Waals surface area (Å²) in [6.07, 6.45) is 3.68. The molecule has 28 heavy (non-hydrogen) atoms. The second-order valence-electron chi connectivity index (χ2n) is 7.50. The number of hydrogen-bond donors (Lipinski definition) is 1. The van der Waals surface area contributed by atoms with Crippen LogP contribution in [-0.4, -0.2) is 37.0 Å². The number of piperidine rings is 1. The molecule has 1 atom stereocenters. The molecule has 3 rings (SSSR count). The molecule has 1 aliphatic rings. The molecule has 1 saturated heterocycles. The van der Waals surface area contributed by atoms with Crippen LogP contribution in [-0.2, 0) is 4.79 Å². The Morgan fingerprint density at radius 1 is 1.07 bits per heavy atom. The van der Waals surface area contributed by atoms with Crippen LogP contribution in [0.15, 0.2) is 42.5 Å². The number of carbonyl (C=O) groups is 1. The fourth-order valence-electron chi connectivity index (χ4n) is 3.59. The van der Waals surface area contributed by atoms with Crippen molar-refractivity contribution in [1.82, 2.24) is 10.2 Å². The first-order chi connectivity index (χ1) is 13.5. The van der Waals surface area contributed by atoms with E-state index in [2.05, 4.69) is 29.3 Å². The lowest BCUT2D eigenvalue weighted by molar-refractivity contribution is -0.123. The van der Waals surface area contributed by atoms with Gasteiger partial charge in [0.1, 0.15) is 5.75 Å². The molecule has 5 heteroatoms. The van der Waals surface area contributed by atoms with Crippen molar-refractivity contribution in [3.8, 4) is 5.75 Å². The number of aryl methyl sites for hydroxylation is 2. The minimum atomic E-state index is -0.103. The van der Waals surface area contributed by atoms with E-state index in [-0.39, 0.29) is 18.6 Å². The Morgan fingerprint density at radius 2 is 1.79 bits per heavy atom. The maximum Gasteiger partial charge on any atom is 0.258 e. The predicted octanol–water partition coefficient (Wildman–Crippen LogP) is 4.68. The molecule has 1 aliphatic heterocycles. The van der Waals surface area contributed by atoms with Crippen molar-refractivity contribution < 1.29 is 9.53 Å². The van der Waals surface area contributed by atoms with Crippen molar-refractivity contribution in [3.05, 3.63) is 64.2 Å². The van der Waals surface area contributed by atoms with Gasteiger partial charge in [-0.2, -0.15) is 0 Å². The van der Waals surface area contributed by atoms with Gasteiger partial charge < -0.3 is 10.1 Å². The SMILES string of the molecule is Cc1ccc(OCC(=O)NC[C@H](c2ccc(Cl)cc2)N2CCCCC2)cc1C. The number of nitrogens with one attached hydrogen (secondary N) is 1. The van der Waals surface area contributed by atoms with Crippen LogP contribution in [0, 0.1) is 13.8 Å². The van der Waals surface area contributed by atoms with Crippen LogP contribution in [0.25, 0.3) is 0 Å². The first-order valence-corrected chi connectivity index (χ1v) is 10.4. The largest absolute Gasteiger partial charge is 0.484 e. The summed E-state index contributed by atoms with van der Waals surface area (Å²) in [5.41, 5.74) is 3.55. The van der Waals surface area contributed by atoms with Crippen molar-refractivity contribution in [1.29, 1.82) is 0 Å². The molecule has 150 valence electrons. The van der Waals surface area contributed by atoms with E-state index in [4.69, 9.17) is 16.3 Å². The van der Waals surface area contributed by atoms with Crippen LogP contribution in [0.2, 0.25) is 5.02 Å². The molecule has 1 amide bonds. The maximum absolute atomic E-state index is 12.4. The highest BCUT2D eigenvalue weighted by Gasteiger charge is 2.23. The van der Waals surface area contributed by atoms with Gasteiger partial charge in [0, 0.05) is 11.6 Å². The van der Waals surface area contributed by atoms with E-state index in [1.54, 1.807) is 0 Å². The van der Waals surface area contributed by atoms with Crippen LogP contribution in [0.4, 0.5) is 0 Å². The number of carbonyl (C=O) groups excluding carboxylic acids is 1. The number of hydrogen-bond acceptors (Lipinski definition) is 3. The normalized spacial score (nSPS) is 15.8. The third-order valence-electron chi connectivity index (χ3n) is 5.43. The van der Waals surface area contributed by atoms with E-state index >= 15 is 0 Å². The summed E-state index contributed by atoms with van der Waals surface area (Å²) in [7, 11) is 0. The second-order valence-corrected chi connectivity index (χ2v) is 7.94. The van der Waals surface area contributed by atoms with E-state index in [1.807, 2.05) is 37.3 Å². The molecule has 1 N–H and O–H groups in total. The molecular weight excluding hydrogens is 372 g/mol. The lowest BCUT2D eigenvalue weighted by atomic mass is 10.0. The highest BCUT2D eigenvalue weighted by molar-refractivity contribution is 6.30. The summed E-state index contributed by atoms with van der Waals surface area (Å²) < 4.78 is 5.66. The Balaban J connectivity index is 1.58. The molecule has 0 aliphatic carbocycles. The highest BCUT2D eigenvalue weighted by atomic mass is 35.5. The summed E-state index contributed by atoms with van der Waals surface area (Å²) in [6, 6.07) is 14.0. The standard InChI is InChI=1S/C23H29ClN2O2/c1-17-6-11-21(14-18(17)2)28-16-23(27)25-15-22(26-12-4-3-5-13-26)19-7-9-20(24)10-8-19/h6-11,14,22H,3-5,12-13,15-16H2,1-2H3,(H,25,27)/t22-/m1/s1. The fourth-order valence-corrected chi connectivity index (χ4v) is 3.71. The Morgan fingerprint density at radius 3 is 2.46 bits per heavy atom. The first kappa shape index (κ1) is 20.7. The quantitative estimate of drug-likeness (QED) is 0.733. The topological polar surface area (TPSA) is 41.6 Å². The van der Waals surface area contributed by atoms with Gasteiger partial charge in [0.2, 0.25) is 0 Å². The molecule has 2 aromatic rings. The van der Waals surface area contributed by atoms with Crippen LogP contribution in [0.3, 0.4) is 0 Å². The molecule has 0 unspecified atom stereocenters. The zero-order valence-electron chi connectivity index (χ0n) is 16.7. The molecule has 0 saturated carbocycles. The van der Waals surface area contributed by atoms with Crippen molar-refractivity contribution in [3.63, 3.8) is 0 Å². The van der Waals surface area contributed by atoms with E-state index < -0.39 is 0 Å². The molecule has 0 bridgehead atoms. The average Bonchev–Trinajstić information content (AvgIpc) is 2.71. The lowest BCUT2D eigenvalue weighted by Gasteiger charge is -2.35. The first-order valence-electron chi connectivity index (χ1n) is 9.99. The summed E-state index contributed by atoms with van der Waals surface area (Å²) in [4.78, 5) is 14.8. The molecule has 0 radical (unpaired) electrons. The van der Waals surface area contributed by atoms with E-state index in [0.717, 1.165) is 29.4 Å². The highest BCUT2D eigenvalue weighted by Crippen LogP contribution is 2.25. The molecule has 0 aromatic heterocycles. The van der Waals surface area contributed by atoms with E-state index in [0.29, 0.717) is 6.54 Å².